The molecule has 0 radical (unpaired) electrons. The standard InChI is InChI=1S/C33H34F2N2O3/c1-40-33(39)31-27(6-5-7-29(31)34)25-14-15-26(30(35)19-25)20-36-32(38)28-18-24(28)13-12-22-8-10-23(11-9-22)21-37-16-3-2-4-17-37/h5-15,19,24,28H,2-4,16-18,20-21H2,1H3,(H,36,38)/b13-12+. The van der Waals surface area contributed by atoms with Gasteiger partial charge in [0.15, 0.2) is 0 Å². The van der Waals surface area contributed by atoms with Gasteiger partial charge in [-0.1, -0.05) is 67.1 Å². The number of nitrogens with zero attached hydrogens (tertiary/aromatic N) is 1. The number of likely N-dealkylation sites (tertiary alicyclic amines) is 1. The van der Waals surface area contributed by atoms with Crippen LogP contribution in [-0.2, 0) is 22.6 Å². The Morgan fingerprint density at radius 1 is 1.00 bits per heavy atom. The Morgan fingerprint density at radius 2 is 1.77 bits per heavy atom. The summed E-state index contributed by atoms with van der Waals surface area (Å²) in [6.45, 7) is 3.40. The third-order valence-corrected chi connectivity index (χ3v) is 7.77. The van der Waals surface area contributed by atoms with Crippen LogP contribution in [0.15, 0.2) is 66.7 Å². The van der Waals surface area contributed by atoms with Crippen LogP contribution < -0.4 is 5.32 Å². The number of esters is 1. The predicted octanol–water partition coefficient (Wildman–Crippen LogP) is 6.37. The third kappa shape index (κ3) is 6.65. The molecule has 0 spiro atoms. The molecule has 1 saturated heterocycles. The van der Waals surface area contributed by atoms with Gasteiger partial charge in [0.2, 0.25) is 5.91 Å². The smallest absolute Gasteiger partial charge is 0.341 e. The largest absolute Gasteiger partial charge is 0.465 e. The van der Waals surface area contributed by atoms with Crippen LogP contribution in [0.5, 0.6) is 0 Å². The number of rotatable bonds is 9. The topological polar surface area (TPSA) is 58.6 Å². The molecule has 0 aromatic heterocycles. The van der Waals surface area contributed by atoms with Gasteiger partial charge in [-0.25, -0.2) is 13.6 Å². The van der Waals surface area contributed by atoms with Gasteiger partial charge in [-0.15, -0.1) is 0 Å². The zero-order valence-corrected chi connectivity index (χ0v) is 22.7. The molecule has 1 saturated carbocycles. The summed E-state index contributed by atoms with van der Waals surface area (Å²) in [6, 6.07) is 17.1. The van der Waals surface area contributed by atoms with Crippen molar-refractivity contribution in [1.29, 1.82) is 0 Å². The maximum atomic E-state index is 14.9. The first kappa shape index (κ1) is 27.7. The lowest BCUT2D eigenvalue weighted by Crippen LogP contribution is -2.28. The van der Waals surface area contributed by atoms with Gasteiger partial charge in [0, 0.05) is 24.6 Å². The number of methoxy groups -OCH3 is 1. The van der Waals surface area contributed by atoms with Gasteiger partial charge < -0.3 is 10.1 Å². The van der Waals surface area contributed by atoms with Gasteiger partial charge in [-0.05, 0) is 72.7 Å². The minimum atomic E-state index is -0.831. The number of benzene rings is 3. The number of piperidine rings is 1. The Labute approximate surface area is 233 Å². The number of ether oxygens (including phenoxy) is 1. The van der Waals surface area contributed by atoms with Crippen LogP contribution in [0.4, 0.5) is 8.78 Å². The van der Waals surface area contributed by atoms with Crippen LogP contribution in [0.25, 0.3) is 17.2 Å². The first-order valence-corrected chi connectivity index (χ1v) is 13.9. The van der Waals surface area contributed by atoms with Gasteiger partial charge >= 0.3 is 5.97 Å². The second-order valence-electron chi connectivity index (χ2n) is 10.6. The lowest BCUT2D eigenvalue weighted by Gasteiger charge is -2.26. The molecule has 1 amide bonds. The highest BCUT2D eigenvalue weighted by Crippen LogP contribution is 2.40. The molecule has 1 aliphatic carbocycles. The Bertz CT molecular complexity index is 1400. The zero-order valence-electron chi connectivity index (χ0n) is 22.7. The van der Waals surface area contributed by atoms with E-state index in [-0.39, 0.29) is 35.4 Å². The number of hydrogen-bond donors (Lipinski definition) is 1. The number of amides is 1. The SMILES string of the molecule is COC(=O)c1c(F)cccc1-c1ccc(CNC(=O)C2CC2/C=C/c2ccc(CN3CCCCC3)cc2)c(F)c1. The number of nitrogens with one attached hydrogen (secondary N) is 1. The van der Waals surface area contributed by atoms with E-state index in [1.807, 2.05) is 0 Å². The van der Waals surface area contributed by atoms with E-state index in [9.17, 15) is 18.4 Å². The maximum Gasteiger partial charge on any atom is 0.341 e. The van der Waals surface area contributed by atoms with E-state index in [1.165, 1.54) is 69.3 Å². The van der Waals surface area contributed by atoms with Gasteiger partial charge in [0.05, 0.1) is 7.11 Å². The highest BCUT2D eigenvalue weighted by atomic mass is 19.1. The number of hydrogen-bond acceptors (Lipinski definition) is 4. The van der Waals surface area contributed by atoms with Crippen molar-refractivity contribution in [2.24, 2.45) is 11.8 Å². The minimum absolute atomic E-state index is 0.0450. The predicted molar refractivity (Wildman–Crippen MR) is 151 cm³/mol. The molecule has 40 heavy (non-hydrogen) atoms. The van der Waals surface area contributed by atoms with Crippen molar-refractivity contribution in [1.82, 2.24) is 10.2 Å². The monoisotopic (exact) mass is 544 g/mol. The molecule has 1 aliphatic heterocycles. The molecule has 7 heteroatoms. The summed E-state index contributed by atoms with van der Waals surface area (Å²) in [7, 11) is 1.17. The van der Waals surface area contributed by atoms with E-state index in [0.29, 0.717) is 11.1 Å². The Kier molecular flexibility index (Phi) is 8.70. The first-order chi connectivity index (χ1) is 19.4. The normalized spacial score (nSPS) is 19.0. The van der Waals surface area contributed by atoms with Crippen molar-refractivity contribution in [3.05, 3.63) is 101 Å². The van der Waals surface area contributed by atoms with E-state index < -0.39 is 17.6 Å². The molecule has 1 heterocycles. The zero-order chi connectivity index (χ0) is 28.1. The quantitative estimate of drug-likeness (QED) is 0.318. The van der Waals surface area contributed by atoms with E-state index in [1.54, 1.807) is 6.07 Å². The molecule has 3 aromatic carbocycles. The summed E-state index contributed by atoms with van der Waals surface area (Å²) in [5.41, 5.74) is 3.09. The average molecular weight is 545 g/mol. The molecule has 1 N–H and O–H groups in total. The van der Waals surface area contributed by atoms with Crippen molar-refractivity contribution < 1.29 is 23.1 Å². The fourth-order valence-corrected chi connectivity index (χ4v) is 5.32. The summed E-state index contributed by atoms with van der Waals surface area (Å²) in [4.78, 5) is 27.2. The molecule has 2 aliphatic rings. The fourth-order valence-electron chi connectivity index (χ4n) is 5.32. The van der Waals surface area contributed by atoms with Gasteiger partial charge in [0.25, 0.3) is 0 Å². The number of allylic oxidation sites excluding steroid dienone is 1. The third-order valence-electron chi connectivity index (χ3n) is 7.77. The summed E-state index contributed by atoms with van der Waals surface area (Å²) >= 11 is 0. The molecular weight excluding hydrogens is 510 g/mol. The van der Waals surface area contributed by atoms with Gasteiger partial charge in [-0.3, -0.25) is 9.69 Å². The number of halogens is 2. The molecule has 208 valence electrons. The number of carbonyl (C=O) groups excluding carboxylic acids is 2. The van der Waals surface area contributed by atoms with Gasteiger partial charge in [-0.2, -0.15) is 0 Å². The maximum absolute atomic E-state index is 14.9. The van der Waals surface area contributed by atoms with E-state index >= 15 is 0 Å². The molecule has 2 unspecified atom stereocenters. The van der Waals surface area contributed by atoms with Crippen molar-refractivity contribution in [3.8, 4) is 11.1 Å². The molecule has 0 bridgehead atoms. The lowest BCUT2D eigenvalue weighted by molar-refractivity contribution is -0.122. The average Bonchev–Trinajstić information content (AvgIpc) is 3.76. The molecule has 2 fully saturated rings. The molecular formula is C33H34F2N2O3. The van der Waals surface area contributed by atoms with Crippen LogP contribution in [0.1, 0.15) is 52.7 Å². The first-order valence-electron chi connectivity index (χ1n) is 13.9. The molecule has 5 nitrogen and oxygen atoms in total. The minimum Gasteiger partial charge on any atom is -0.465 e. The van der Waals surface area contributed by atoms with Crippen LogP contribution in [-0.4, -0.2) is 37.0 Å². The van der Waals surface area contributed by atoms with Crippen molar-refractivity contribution >= 4 is 18.0 Å². The second kappa shape index (κ2) is 12.6. The van der Waals surface area contributed by atoms with Crippen molar-refractivity contribution in [3.63, 3.8) is 0 Å². The van der Waals surface area contributed by atoms with E-state index in [2.05, 4.69) is 51.4 Å². The van der Waals surface area contributed by atoms with E-state index in [0.717, 1.165) is 24.6 Å². The second-order valence-corrected chi connectivity index (χ2v) is 10.6. The van der Waals surface area contributed by atoms with Crippen molar-refractivity contribution in [2.75, 3.05) is 20.2 Å². The summed E-state index contributed by atoms with van der Waals surface area (Å²) in [5.74, 6) is -2.17. The lowest BCUT2D eigenvalue weighted by atomic mass is 9.98. The Balaban J connectivity index is 1.13. The molecule has 3 aromatic rings. The highest BCUT2D eigenvalue weighted by Gasteiger charge is 2.40. The Morgan fingerprint density at radius 3 is 2.50 bits per heavy atom. The fraction of sp³-hybridized carbons (Fsp3) is 0.333. The molecule has 2 atom stereocenters. The summed E-state index contributed by atoms with van der Waals surface area (Å²) in [5, 5.41) is 2.83. The van der Waals surface area contributed by atoms with Crippen LogP contribution in [0.3, 0.4) is 0 Å². The van der Waals surface area contributed by atoms with Crippen LogP contribution >= 0.6 is 0 Å². The summed E-state index contributed by atoms with van der Waals surface area (Å²) in [6.07, 6.45) is 8.82. The van der Waals surface area contributed by atoms with Crippen molar-refractivity contribution in [2.45, 2.75) is 38.8 Å². The van der Waals surface area contributed by atoms with Crippen LogP contribution in [0, 0.1) is 23.5 Å². The van der Waals surface area contributed by atoms with Gasteiger partial charge in [0.1, 0.15) is 17.2 Å². The molecule has 5 rings (SSSR count). The van der Waals surface area contributed by atoms with E-state index in [4.69, 9.17) is 0 Å². The highest BCUT2D eigenvalue weighted by molar-refractivity contribution is 5.97. The number of carbonyl (C=O) groups is 2. The Hall–Kier alpha value is -3.84. The summed E-state index contributed by atoms with van der Waals surface area (Å²) < 4.78 is 33.8. The van der Waals surface area contributed by atoms with Crippen LogP contribution in [0.2, 0.25) is 0 Å².